The van der Waals surface area contributed by atoms with E-state index in [4.69, 9.17) is 16.3 Å². The molecule has 1 aromatic heterocycles. The van der Waals surface area contributed by atoms with Gasteiger partial charge in [-0.2, -0.15) is 23.3 Å². The van der Waals surface area contributed by atoms with E-state index >= 15 is 0 Å². The van der Waals surface area contributed by atoms with Gasteiger partial charge >= 0.3 is 6.18 Å². The van der Waals surface area contributed by atoms with Crippen LogP contribution in [0.15, 0.2) is 48.7 Å². The quantitative estimate of drug-likeness (QED) is 0.630. The van der Waals surface area contributed by atoms with E-state index in [1.54, 1.807) is 24.3 Å². The Kier molecular flexibility index (Phi) is 5.31. The number of ether oxygens (including phenoxy) is 1. The molecule has 0 aliphatic rings. The van der Waals surface area contributed by atoms with Gasteiger partial charge in [-0.3, -0.25) is 0 Å². The number of para-hydroxylation sites is 2. The highest BCUT2D eigenvalue weighted by molar-refractivity contribution is 6.31. The molecular weight excluding hydrogens is 383 g/mol. The Balaban J connectivity index is 1.82. The molecule has 0 atom stereocenters. The maximum absolute atomic E-state index is 13.0. The maximum atomic E-state index is 13.0. The zero-order valence-electron chi connectivity index (χ0n) is 13.9. The predicted octanol–water partition coefficient (Wildman–Crippen LogP) is 5.04. The Morgan fingerprint density at radius 1 is 1.07 bits per heavy atom. The molecule has 0 saturated carbocycles. The molecule has 0 unspecified atom stereocenters. The van der Waals surface area contributed by atoms with Gasteiger partial charge in [0.25, 0.3) is 0 Å². The van der Waals surface area contributed by atoms with Crippen LogP contribution in [-0.2, 0) is 6.18 Å². The van der Waals surface area contributed by atoms with E-state index in [0.29, 0.717) is 11.4 Å². The minimum absolute atomic E-state index is 0.148. The minimum Gasteiger partial charge on any atom is -0.495 e. The number of nitrogens with zero attached hydrogens (tertiary/aromatic N) is 3. The number of hydrogen-bond donors (Lipinski definition) is 2. The Bertz CT molecular complexity index is 952. The highest BCUT2D eigenvalue weighted by atomic mass is 35.5. The Morgan fingerprint density at radius 3 is 2.59 bits per heavy atom. The molecule has 2 aromatic carbocycles. The van der Waals surface area contributed by atoms with Gasteiger partial charge in [-0.05, 0) is 30.3 Å². The van der Waals surface area contributed by atoms with Crippen molar-refractivity contribution in [3.05, 3.63) is 59.2 Å². The van der Waals surface area contributed by atoms with Gasteiger partial charge in [0.05, 0.1) is 29.6 Å². The van der Waals surface area contributed by atoms with Crippen LogP contribution in [-0.4, -0.2) is 22.3 Å². The summed E-state index contributed by atoms with van der Waals surface area (Å²) >= 11 is 5.62. The van der Waals surface area contributed by atoms with E-state index in [2.05, 4.69) is 25.8 Å². The lowest BCUT2D eigenvalue weighted by molar-refractivity contribution is -0.137. The lowest BCUT2D eigenvalue weighted by Crippen LogP contribution is -2.07. The summed E-state index contributed by atoms with van der Waals surface area (Å²) in [7, 11) is 1.52. The minimum atomic E-state index is -4.56. The molecule has 3 rings (SSSR count). The molecule has 2 N–H and O–H groups in total. The smallest absolute Gasteiger partial charge is 0.417 e. The monoisotopic (exact) mass is 395 g/mol. The first-order valence-electron chi connectivity index (χ1n) is 7.60. The van der Waals surface area contributed by atoms with Gasteiger partial charge in [0, 0.05) is 5.69 Å². The van der Waals surface area contributed by atoms with Crippen molar-refractivity contribution in [3.8, 4) is 5.75 Å². The molecule has 27 heavy (non-hydrogen) atoms. The number of aromatic nitrogens is 3. The molecule has 0 spiro atoms. The van der Waals surface area contributed by atoms with Crippen molar-refractivity contribution in [2.45, 2.75) is 6.18 Å². The number of hydrogen-bond acceptors (Lipinski definition) is 6. The van der Waals surface area contributed by atoms with Gasteiger partial charge in [-0.15, -0.1) is 5.10 Å². The van der Waals surface area contributed by atoms with Crippen LogP contribution in [0.5, 0.6) is 5.75 Å². The first-order valence-corrected chi connectivity index (χ1v) is 7.98. The number of methoxy groups -OCH3 is 1. The van der Waals surface area contributed by atoms with Crippen molar-refractivity contribution in [1.82, 2.24) is 15.2 Å². The number of halogens is 4. The summed E-state index contributed by atoms with van der Waals surface area (Å²) < 4.78 is 44.1. The first kappa shape index (κ1) is 18.7. The SMILES string of the molecule is COc1ccccc1Nc1nncc(Nc2ccc(Cl)c(C(F)(F)F)c2)n1. The topological polar surface area (TPSA) is 72.0 Å². The number of nitrogens with one attached hydrogen (secondary N) is 2. The Morgan fingerprint density at radius 2 is 1.85 bits per heavy atom. The second kappa shape index (κ2) is 7.67. The van der Waals surface area contributed by atoms with Gasteiger partial charge in [0.15, 0.2) is 5.82 Å². The molecule has 0 amide bonds. The van der Waals surface area contributed by atoms with Gasteiger partial charge in [0.2, 0.25) is 5.95 Å². The summed E-state index contributed by atoms with van der Waals surface area (Å²) in [6, 6.07) is 10.6. The van der Waals surface area contributed by atoms with Gasteiger partial charge in [0.1, 0.15) is 5.75 Å². The van der Waals surface area contributed by atoms with Crippen LogP contribution < -0.4 is 15.4 Å². The average Bonchev–Trinajstić information content (AvgIpc) is 2.63. The van der Waals surface area contributed by atoms with E-state index in [1.807, 2.05) is 0 Å². The van der Waals surface area contributed by atoms with Crippen LogP contribution in [0.25, 0.3) is 0 Å². The fraction of sp³-hybridized carbons (Fsp3) is 0.118. The van der Waals surface area contributed by atoms with E-state index in [9.17, 15) is 13.2 Å². The lowest BCUT2D eigenvalue weighted by atomic mass is 10.2. The molecule has 6 nitrogen and oxygen atoms in total. The van der Waals surface area contributed by atoms with Crippen molar-refractivity contribution in [2.24, 2.45) is 0 Å². The molecule has 10 heteroatoms. The fourth-order valence-corrected chi connectivity index (χ4v) is 2.48. The maximum Gasteiger partial charge on any atom is 0.417 e. The predicted molar refractivity (Wildman–Crippen MR) is 95.8 cm³/mol. The number of alkyl halides is 3. The molecule has 0 aliphatic carbocycles. The summed E-state index contributed by atoms with van der Waals surface area (Å²) in [6.07, 6.45) is -3.27. The molecule has 0 radical (unpaired) electrons. The molecule has 1 heterocycles. The standard InChI is InChI=1S/C17H13ClF3N5O/c1-27-14-5-3-2-4-13(14)24-16-25-15(9-22-26-16)23-10-6-7-12(18)11(8-10)17(19,20)21/h2-9H,1H3,(H2,23,24,25,26). The normalized spacial score (nSPS) is 11.1. The van der Waals surface area contributed by atoms with E-state index < -0.39 is 11.7 Å². The fourth-order valence-electron chi connectivity index (χ4n) is 2.25. The van der Waals surface area contributed by atoms with Gasteiger partial charge in [-0.1, -0.05) is 23.7 Å². The van der Waals surface area contributed by atoms with Crippen molar-refractivity contribution in [1.29, 1.82) is 0 Å². The molecular formula is C17H13ClF3N5O. The molecule has 0 saturated heterocycles. The summed E-state index contributed by atoms with van der Waals surface area (Å²) in [5.74, 6) is 0.930. The average molecular weight is 396 g/mol. The third-order valence-electron chi connectivity index (χ3n) is 3.46. The van der Waals surface area contributed by atoms with Crippen LogP contribution in [0.1, 0.15) is 5.56 Å². The van der Waals surface area contributed by atoms with Crippen LogP contribution in [0, 0.1) is 0 Å². The molecule has 0 fully saturated rings. The number of benzene rings is 2. The lowest BCUT2D eigenvalue weighted by Gasteiger charge is -2.12. The van der Waals surface area contributed by atoms with Crippen LogP contribution in [0.2, 0.25) is 5.02 Å². The van der Waals surface area contributed by atoms with E-state index in [0.717, 1.165) is 12.1 Å². The number of rotatable bonds is 5. The van der Waals surface area contributed by atoms with Gasteiger partial charge < -0.3 is 15.4 Å². The van der Waals surface area contributed by atoms with Crippen LogP contribution in [0.4, 0.5) is 36.3 Å². The van der Waals surface area contributed by atoms with Crippen LogP contribution in [0.3, 0.4) is 0 Å². The Hall–Kier alpha value is -3.07. The van der Waals surface area contributed by atoms with Gasteiger partial charge in [-0.25, -0.2) is 0 Å². The first-order chi connectivity index (χ1) is 12.9. The van der Waals surface area contributed by atoms with Crippen molar-refractivity contribution in [3.63, 3.8) is 0 Å². The molecule has 3 aromatic rings. The second-order valence-electron chi connectivity index (χ2n) is 5.31. The van der Waals surface area contributed by atoms with Crippen molar-refractivity contribution in [2.75, 3.05) is 17.7 Å². The molecule has 0 bridgehead atoms. The van der Waals surface area contributed by atoms with E-state index in [1.165, 1.54) is 19.4 Å². The van der Waals surface area contributed by atoms with E-state index in [-0.39, 0.29) is 22.5 Å². The zero-order chi connectivity index (χ0) is 19.4. The summed E-state index contributed by atoms with van der Waals surface area (Å²) in [4.78, 5) is 4.19. The summed E-state index contributed by atoms with van der Waals surface area (Å²) in [5, 5.41) is 13.0. The molecule has 140 valence electrons. The number of anilines is 4. The highest BCUT2D eigenvalue weighted by Gasteiger charge is 2.33. The second-order valence-corrected chi connectivity index (χ2v) is 5.72. The van der Waals surface area contributed by atoms with Crippen molar-refractivity contribution >= 4 is 34.7 Å². The third kappa shape index (κ3) is 4.56. The highest BCUT2D eigenvalue weighted by Crippen LogP contribution is 2.36. The Labute approximate surface area is 157 Å². The third-order valence-corrected chi connectivity index (χ3v) is 3.79. The van der Waals surface area contributed by atoms with Crippen molar-refractivity contribution < 1.29 is 17.9 Å². The summed E-state index contributed by atoms with van der Waals surface area (Å²) in [6.45, 7) is 0. The zero-order valence-corrected chi connectivity index (χ0v) is 14.6. The largest absolute Gasteiger partial charge is 0.495 e. The van der Waals surface area contributed by atoms with Crippen LogP contribution >= 0.6 is 11.6 Å². The molecule has 0 aliphatic heterocycles. The summed E-state index contributed by atoms with van der Waals surface area (Å²) in [5.41, 5.74) is -0.163.